The number of carbonyl (C=O) groups excluding carboxylic acids is 1. The highest BCUT2D eigenvalue weighted by molar-refractivity contribution is 5.78. The molecule has 1 aromatic rings. The maximum Gasteiger partial charge on any atom is 0.237 e. The molecule has 0 aromatic heterocycles. The SMILES string of the molecule is CCCCCC1CN(CC(=O)N2CCCCC2CCN2CCOCC2)CC2=CC(c3ccc(C)cc3)NN21. The van der Waals surface area contributed by atoms with E-state index >= 15 is 0 Å². The Hall–Kier alpha value is -1.93. The molecule has 7 heteroatoms. The summed E-state index contributed by atoms with van der Waals surface area (Å²) in [6.45, 7) is 12.5. The molecule has 1 N–H and O–H groups in total. The molecule has 0 saturated carbocycles. The van der Waals surface area contributed by atoms with Gasteiger partial charge in [-0.15, -0.1) is 0 Å². The third kappa shape index (κ3) is 6.98. The van der Waals surface area contributed by atoms with E-state index in [1.54, 1.807) is 0 Å². The van der Waals surface area contributed by atoms with Gasteiger partial charge in [0.25, 0.3) is 0 Å². The lowest BCUT2D eigenvalue weighted by Gasteiger charge is -2.43. The number of nitrogens with one attached hydrogen (secondary N) is 1. The predicted molar refractivity (Wildman–Crippen MR) is 153 cm³/mol. The number of ether oxygens (including phenoxy) is 1. The first-order valence-electron chi connectivity index (χ1n) is 15.3. The number of nitrogens with zero attached hydrogens (tertiary/aromatic N) is 4. The van der Waals surface area contributed by atoms with Crippen molar-refractivity contribution in [3.8, 4) is 0 Å². The number of benzene rings is 1. The van der Waals surface area contributed by atoms with Gasteiger partial charge < -0.3 is 14.6 Å². The third-order valence-corrected chi connectivity index (χ3v) is 8.93. The molecule has 1 amide bonds. The van der Waals surface area contributed by atoms with Crippen LogP contribution in [0, 0.1) is 6.92 Å². The molecule has 5 rings (SSSR count). The van der Waals surface area contributed by atoms with Gasteiger partial charge in [-0.3, -0.25) is 14.6 Å². The predicted octanol–water partition coefficient (Wildman–Crippen LogP) is 4.11. The lowest BCUT2D eigenvalue weighted by atomic mass is 9.98. The van der Waals surface area contributed by atoms with Crippen molar-refractivity contribution in [3.63, 3.8) is 0 Å². The average molecular weight is 524 g/mol. The number of likely N-dealkylation sites (tertiary alicyclic amines) is 1. The fraction of sp³-hybridized carbons (Fsp3) is 0.710. The first-order valence-corrected chi connectivity index (χ1v) is 15.3. The third-order valence-electron chi connectivity index (χ3n) is 8.93. The average Bonchev–Trinajstić information content (AvgIpc) is 3.37. The molecule has 4 aliphatic rings. The van der Waals surface area contributed by atoms with Crippen molar-refractivity contribution >= 4 is 5.91 Å². The van der Waals surface area contributed by atoms with Crippen molar-refractivity contribution in [2.75, 3.05) is 59.0 Å². The molecule has 0 bridgehead atoms. The maximum absolute atomic E-state index is 13.7. The first-order chi connectivity index (χ1) is 18.6. The highest BCUT2D eigenvalue weighted by Gasteiger charge is 2.37. The Morgan fingerprint density at radius 1 is 1.00 bits per heavy atom. The topological polar surface area (TPSA) is 51.3 Å². The van der Waals surface area contributed by atoms with E-state index in [0.29, 0.717) is 24.5 Å². The van der Waals surface area contributed by atoms with Gasteiger partial charge in [-0.1, -0.05) is 56.0 Å². The summed E-state index contributed by atoms with van der Waals surface area (Å²) in [6.07, 6.45) is 11.9. The summed E-state index contributed by atoms with van der Waals surface area (Å²) in [4.78, 5) is 20.9. The standard InChI is InChI=1S/C31H49N5O2/c1-3-4-5-9-28-22-34(23-29-21-30(32-36(28)29)26-12-10-25(2)11-13-26)24-31(37)35-15-7-6-8-27(35)14-16-33-17-19-38-20-18-33/h10-13,21,27-28,30,32H,3-9,14-20,22-24H2,1-2H3. The van der Waals surface area contributed by atoms with E-state index < -0.39 is 0 Å². The van der Waals surface area contributed by atoms with E-state index in [1.807, 2.05) is 0 Å². The van der Waals surface area contributed by atoms with Crippen LogP contribution in [-0.4, -0.2) is 96.7 Å². The molecule has 210 valence electrons. The molecule has 4 aliphatic heterocycles. The summed E-state index contributed by atoms with van der Waals surface area (Å²) in [5, 5.41) is 2.44. The minimum Gasteiger partial charge on any atom is -0.379 e. The lowest BCUT2D eigenvalue weighted by Crippen LogP contribution is -2.57. The monoisotopic (exact) mass is 523 g/mol. The smallest absolute Gasteiger partial charge is 0.237 e. The van der Waals surface area contributed by atoms with E-state index in [-0.39, 0.29) is 6.04 Å². The highest BCUT2D eigenvalue weighted by atomic mass is 16.5. The van der Waals surface area contributed by atoms with Crippen LogP contribution in [0.1, 0.15) is 75.5 Å². The van der Waals surface area contributed by atoms with Crippen LogP contribution in [0.3, 0.4) is 0 Å². The van der Waals surface area contributed by atoms with Gasteiger partial charge in [-0.25, -0.2) is 5.43 Å². The van der Waals surface area contributed by atoms with Crippen LogP contribution >= 0.6 is 0 Å². The van der Waals surface area contributed by atoms with Crippen LogP contribution in [0.15, 0.2) is 36.0 Å². The molecule has 38 heavy (non-hydrogen) atoms. The van der Waals surface area contributed by atoms with Gasteiger partial charge in [-0.2, -0.15) is 0 Å². The van der Waals surface area contributed by atoms with Gasteiger partial charge >= 0.3 is 0 Å². The number of hydrazine groups is 1. The van der Waals surface area contributed by atoms with Crippen LogP contribution in [0.25, 0.3) is 0 Å². The number of rotatable bonds is 10. The molecule has 1 aromatic carbocycles. The van der Waals surface area contributed by atoms with Gasteiger partial charge in [0.05, 0.1) is 31.8 Å². The zero-order valence-electron chi connectivity index (χ0n) is 23.7. The minimum atomic E-state index is 0.210. The number of aryl methyl sites for hydroxylation is 1. The normalized spacial score (nSPS) is 26.9. The molecule has 0 spiro atoms. The number of morpholine rings is 1. The van der Waals surface area contributed by atoms with Crippen molar-refractivity contribution < 1.29 is 9.53 Å². The Labute approximate surface area is 230 Å². The summed E-state index contributed by atoms with van der Waals surface area (Å²) >= 11 is 0. The number of amides is 1. The fourth-order valence-electron chi connectivity index (χ4n) is 6.67. The van der Waals surface area contributed by atoms with E-state index in [2.05, 4.69) is 69.3 Å². The van der Waals surface area contributed by atoms with Crippen LogP contribution in [0.2, 0.25) is 0 Å². The minimum absolute atomic E-state index is 0.210. The number of piperidine rings is 1. The second-order valence-corrected chi connectivity index (χ2v) is 11.8. The summed E-state index contributed by atoms with van der Waals surface area (Å²) in [5.41, 5.74) is 7.74. The zero-order chi connectivity index (χ0) is 26.3. The second kappa shape index (κ2) is 13.4. The molecular weight excluding hydrogens is 474 g/mol. The molecule has 0 aliphatic carbocycles. The molecule has 3 fully saturated rings. The Balaban J connectivity index is 1.22. The van der Waals surface area contributed by atoms with Crippen LogP contribution in [0.5, 0.6) is 0 Å². The number of fused-ring (bicyclic) bond motifs is 1. The largest absolute Gasteiger partial charge is 0.379 e. The van der Waals surface area contributed by atoms with Crippen molar-refractivity contribution in [1.82, 2.24) is 25.1 Å². The zero-order valence-corrected chi connectivity index (χ0v) is 23.7. The van der Waals surface area contributed by atoms with Crippen molar-refractivity contribution in [1.29, 1.82) is 0 Å². The summed E-state index contributed by atoms with van der Waals surface area (Å²) < 4.78 is 5.52. The maximum atomic E-state index is 13.7. The Bertz CT molecular complexity index is 929. The van der Waals surface area contributed by atoms with Crippen molar-refractivity contribution in [2.45, 2.75) is 83.3 Å². The molecular formula is C31H49N5O2. The highest BCUT2D eigenvalue weighted by Crippen LogP contribution is 2.32. The summed E-state index contributed by atoms with van der Waals surface area (Å²) in [6, 6.07) is 9.88. The Kier molecular flexibility index (Phi) is 9.76. The van der Waals surface area contributed by atoms with Crippen LogP contribution in [0.4, 0.5) is 0 Å². The fourth-order valence-corrected chi connectivity index (χ4v) is 6.67. The Morgan fingerprint density at radius 2 is 1.82 bits per heavy atom. The van der Waals surface area contributed by atoms with E-state index in [4.69, 9.17) is 4.74 Å². The number of hydrogen-bond acceptors (Lipinski definition) is 6. The lowest BCUT2D eigenvalue weighted by molar-refractivity contribution is -0.137. The van der Waals surface area contributed by atoms with Crippen LogP contribution in [-0.2, 0) is 9.53 Å². The van der Waals surface area contributed by atoms with Crippen LogP contribution < -0.4 is 5.43 Å². The summed E-state index contributed by atoms with van der Waals surface area (Å²) in [7, 11) is 0. The number of carbonyl (C=O) groups is 1. The molecule has 0 radical (unpaired) electrons. The number of piperazine rings is 1. The molecule has 3 unspecified atom stereocenters. The molecule has 4 heterocycles. The number of unbranched alkanes of at least 4 members (excludes halogenated alkanes) is 2. The van der Waals surface area contributed by atoms with E-state index in [1.165, 1.54) is 42.5 Å². The van der Waals surface area contributed by atoms with E-state index in [0.717, 1.165) is 78.2 Å². The first kappa shape index (κ1) is 27.6. The van der Waals surface area contributed by atoms with Gasteiger partial charge in [0.1, 0.15) is 0 Å². The van der Waals surface area contributed by atoms with Gasteiger partial charge in [0, 0.05) is 51.0 Å². The summed E-state index contributed by atoms with van der Waals surface area (Å²) in [5.74, 6) is 0.332. The van der Waals surface area contributed by atoms with Gasteiger partial charge in [-0.05, 0) is 50.7 Å². The quantitative estimate of drug-likeness (QED) is 0.466. The van der Waals surface area contributed by atoms with Gasteiger partial charge in [0.2, 0.25) is 5.91 Å². The molecule has 3 saturated heterocycles. The van der Waals surface area contributed by atoms with Gasteiger partial charge in [0.15, 0.2) is 0 Å². The molecule has 7 nitrogen and oxygen atoms in total. The van der Waals surface area contributed by atoms with Crippen molar-refractivity contribution in [3.05, 3.63) is 47.2 Å². The van der Waals surface area contributed by atoms with E-state index in [9.17, 15) is 4.79 Å². The second-order valence-electron chi connectivity index (χ2n) is 11.8. The number of hydrogen-bond donors (Lipinski definition) is 1. The van der Waals surface area contributed by atoms with Crippen molar-refractivity contribution in [2.24, 2.45) is 0 Å². The Morgan fingerprint density at radius 3 is 2.61 bits per heavy atom. The molecule has 3 atom stereocenters.